The summed E-state index contributed by atoms with van der Waals surface area (Å²) in [4.78, 5) is 0. The lowest BCUT2D eigenvalue weighted by Gasteiger charge is -2.12. The Bertz CT molecular complexity index is 596. The van der Waals surface area contributed by atoms with Gasteiger partial charge in [0.2, 0.25) is 0 Å². The van der Waals surface area contributed by atoms with Crippen LogP contribution in [0.15, 0.2) is 30.3 Å². The van der Waals surface area contributed by atoms with E-state index in [1.165, 1.54) is 6.07 Å². The van der Waals surface area contributed by atoms with Gasteiger partial charge in [-0.05, 0) is 23.8 Å². The number of halogens is 5. The molecule has 94 valence electrons. The molecule has 0 aliphatic heterocycles. The molecule has 0 heterocycles. The van der Waals surface area contributed by atoms with Crippen molar-refractivity contribution in [2.75, 3.05) is 0 Å². The summed E-state index contributed by atoms with van der Waals surface area (Å²) in [7, 11) is 0. The summed E-state index contributed by atoms with van der Waals surface area (Å²) in [5.74, 6) is -0.365. The second-order valence-corrected chi connectivity index (χ2v) is 5.08. The summed E-state index contributed by atoms with van der Waals surface area (Å²) in [6.07, 6.45) is 0. The number of alkyl halides is 1. The summed E-state index contributed by atoms with van der Waals surface area (Å²) in [6, 6.07) is 7.84. The van der Waals surface area contributed by atoms with Gasteiger partial charge in [0.25, 0.3) is 0 Å². The van der Waals surface area contributed by atoms with Gasteiger partial charge >= 0.3 is 0 Å². The number of rotatable bonds is 2. The van der Waals surface area contributed by atoms with Crippen LogP contribution in [0.2, 0.25) is 15.1 Å². The van der Waals surface area contributed by atoms with E-state index in [4.69, 9.17) is 46.4 Å². The van der Waals surface area contributed by atoms with Gasteiger partial charge in [-0.25, -0.2) is 4.39 Å². The van der Waals surface area contributed by atoms with Crippen molar-refractivity contribution in [3.05, 3.63) is 56.8 Å². The fourth-order valence-corrected chi connectivity index (χ4v) is 2.71. The van der Waals surface area contributed by atoms with Crippen LogP contribution in [0.1, 0.15) is 5.56 Å². The second-order valence-electron chi connectivity index (χ2n) is 3.62. The molecule has 0 amide bonds. The molecular weight excluding hydrogens is 317 g/mol. The quantitative estimate of drug-likeness (QED) is 0.456. The molecule has 2 rings (SSSR count). The average molecular weight is 324 g/mol. The lowest BCUT2D eigenvalue weighted by Crippen LogP contribution is -1.93. The summed E-state index contributed by atoms with van der Waals surface area (Å²) in [6.45, 7) is 0. The molecule has 0 radical (unpaired) electrons. The first-order valence-corrected chi connectivity index (χ1v) is 6.70. The van der Waals surface area contributed by atoms with Gasteiger partial charge in [-0.3, -0.25) is 0 Å². The first-order valence-electron chi connectivity index (χ1n) is 5.03. The zero-order chi connectivity index (χ0) is 13.3. The molecule has 0 atom stereocenters. The van der Waals surface area contributed by atoms with Crippen molar-refractivity contribution in [1.29, 1.82) is 0 Å². The van der Waals surface area contributed by atoms with E-state index in [0.29, 0.717) is 31.8 Å². The molecule has 0 unspecified atom stereocenters. The van der Waals surface area contributed by atoms with E-state index in [0.717, 1.165) is 0 Å². The Morgan fingerprint density at radius 1 is 0.944 bits per heavy atom. The highest BCUT2D eigenvalue weighted by atomic mass is 35.5. The highest BCUT2D eigenvalue weighted by molar-refractivity contribution is 6.46. The van der Waals surface area contributed by atoms with Crippen LogP contribution in [-0.2, 0) is 5.88 Å². The van der Waals surface area contributed by atoms with Crippen molar-refractivity contribution < 1.29 is 4.39 Å². The Balaban J connectivity index is 2.77. The number of hydrogen-bond acceptors (Lipinski definition) is 0. The summed E-state index contributed by atoms with van der Waals surface area (Å²) < 4.78 is 13.7. The van der Waals surface area contributed by atoms with Crippen LogP contribution in [0.25, 0.3) is 11.1 Å². The second kappa shape index (κ2) is 5.66. The van der Waals surface area contributed by atoms with Gasteiger partial charge in [-0.1, -0.05) is 46.9 Å². The van der Waals surface area contributed by atoms with Gasteiger partial charge in [0.1, 0.15) is 5.82 Å². The van der Waals surface area contributed by atoms with Gasteiger partial charge in [0, 0.05) is 11.1 Å². The molecule has 2 aromatic rings. The Kier molecular flexibility index (Phi) is 4.39. The molecule has 0 fully saturated rings. The lowest BCUT2D eigenvalue weighted by molar-refractivity contribution is 0.617. The highest BCUT2D eigenvalue weighted by Crippen LogP contribution is 2.41. The number of hydrogen-bond donors (Lipinski definition) is 0. The van der Waals surface area contributed by atoms with Crippen molar-refractivity contribution in [3.8, 4) is 11.1 Å². The van der Waals surface area contributed by atoms with Crippen LogP contribution in [0, 0.1) is 5.82 Å². The van der Waals surface area contributed by atoms with Crippen LogP contribution in [0.3, 0.4) is 0 Å². The third-order valence-electron chi connectivity index (χ3n) is 2.57. The normalized spacial score (nSPS) is 10.7. The highest BCUT2D eigenvalue weighted by Gasteiger charge is 2.16. The summed E-state index contributed by atoms with van der Waals surface area (Å²) >= 11 is 24.0. The smallest absolute Gasteiger partial charge is 0.128 e. The van der Waals surface area contributed by atoms with Crippen LogP contribution < -0.4 is 0 Å². The van der Waals surface area contributed by atoms with E-state index in [2.05, 4.69) is 0 Å². The van der Waals surface area contributed by atoms with E-state index < -0.39 is 5.82 Å². The SMILES string of the molecule is Fc1cccc(-c2c(Cl)ccc(Cl)c2Cl)c1CCl. The monoisotopic (exact) mass is 322 g/mol. The van der Waals surface area contributed by atoms with Crippen molar-refractivity contribution in [3.63, 3.8) is 0 Å². The maximum absolute atomic E-state index is 13.7. The van der Waals surface area contributed by atoms with E-state index >= 15 is 0 Å². The minimum absolute atomic E-state index is 0.0289. The topological polar surface area (TPSA) is 0 Å². The zero-order valence-electron chi connectivity index (χ0n) is 8.98. The Labute approximate surface area is 124 Å². The minimum Gasteiger partial charge on any atom is -0.207 e. The van der Waals surface area contributed by atoms with E-state index in [-0.39, 0.29) is 5.88 Å². The predicted molar refractivity (Wildman–Crippen MR) is 76.4 cm³/mol. The Morgan fingerprint density at radius 2 is 1.61 bits per heavy atom. The first kappa shape index (κ1) is 14.0. The average Bonchev–Trinajstić information content (AvgIpc) is 2.35. The molecule has 5 heteroatoms. The molecule has 0 nitrogen and oxygen atoms in total. The molecule has 0 N–H and O–H groups in total. The van der Waals surface area contributed by atoms with Gasteiger partial charge in [0.15, 0.2) is 0 Å². The van der Waals surface area contributed by atoms with Crippen molar-refractivity contribution >= 4 is 46.4 Å². The fraction of sp³-hybridized carbons (Fsp3) is 0.0769. The van der Waals surface area contributed by atoms with Crippen molar-refractivity contribution in [2.45, 2.75) is 5.88 Å². The molecule has 0 bridgehead atoms. The fourth-order valence-electron chi connectivity index (χ4n) is 1.70. The van der Waals surface area contributed by atoms with Gasteiger partial charge < -0.3 is 0 Å². The van der Waals surface area contributed by atoms with Gasteiger partial charge in [-0.15, -0.1) is 11.6 Å². The van der Waals surface area contributed by atoms with E-state index in [9.17, 15) is 4.39 Å². The molecular formula is C13H7Cl4F. The van der Waals surface area contributed by atoms with Crippen LogP contribution in [-0.4, -0.2) is 0 Å². The molecule has 0 saturated carbocycles. The van der Waals surface area contributed by atoms with E-state index in [1.54, 1.807) is 24.3 Å². The largest absolute Gasteiger partial charge is 0.207 e. The molecule has 0 aliphatic rings. The van der Waals surface area contributed by atoms with E-state index in [1.807, 2.05) is 0 Å². The third kappa shape index (κ3) is 2.46. The molecule has 0 saturated heterocycles. The summed E-state index contributed by atoms with van der Waals surface area (Å²) in [5.41, 5.74) is 1.41. The molecule has 0 aliphatic carbocycles. The maximum Gasteiger partial charge on any atom is 0.128 e. The van der Waals surface area contributed by atoms with Gasteiger partial charge in [-0.2, -0.15) is 0 Å². The number of benzene rings is 2. The summed E-state index contributed by atoms with van der Waals surface area (Å²) in [5, 5.41) is 1.06. The molecule has 2 aromatic carbocycles. The van der Waals surface area contributed by atoms with Crippen LogP contribution >= 0.6 is 46.4 Å². The maximum atomic E-state index is 13.7. The first-order chi connectivity index (χ1) is 8.56. The molecule has 18 heavy (non-hydrogen) atoms. The Hall–Kier alpha value is -0.470. The molecule has 0 spiro atoms. The third-order valence-corrected chi connectivity index (χ3v) is 3.95. The Morgan fingerprint density at radius 3 is 2.28 bits per heavy atom. The molecule has 0 aromatic heterocycles. The van der Waals surface area contributed by atoms with Crippen molar-refractivity contribution in [1.82, 2.24) is 0 Å². The lowest BCUT2D eigenvalue weighted by atomic mass is 10.00. The zero-order valence-corrected chi connectivity index (χ0v) is 12.0. The van der Waals surface area contributed by atoms with Gasteiger partial charge in [0.05, 0.1) is 20.9 Å². The van der Waals surface area contributed by atoms with Crippen molar-refractivity contribution in [2.24, 2.45) is 0 Å². The standard InChI is InChI=1S/C13H7Cl4F/c14-6-8-7(2-1-3-11(8)18)12-9(15)4-5-10(16)13(12)17/h1-5H,6H2. The van der Waals surface area contributed by atoms with Crippen LogP contribution in [0.5, 0.6) is 0 Å². The minimum atomic E-state index is -0.394. The van der Waals surface area contributed by atoms with Crippen LogP contribution in [0.4, 0.5) is 4.39 Å². The predicted octanol–water partition coefficient (Wildman–Crippen LogP) is 6.19.